The Kier molecular flexibility index (Phi) is 10.8. The van der Waals surface area contributed by atoms with Crippen LogP contribution in [0.25, 0.3) is 0 Å². The topological polar surface area (TPSA) is 153 Å². The van der Waals surface area contributed by atoms with Crippen molar-refractivity contribution in [2.45, 2.75) is 39.5 Å². The number of hydrogen-bond donors (Lipinski definition) is 3. The second-order valence-corrected chi connectivity index (χ2v) is 9.68. The van der Waals surface area contributed by atoms with Crippen molar-refractivity contribution in [3.05, 3.63) is 76.9 Å². The van der Waals surface area contributed by atoms with Gasteiger partial charge >= 0.3 is 37.4 Å². The first-order chi connectivity index (χ1) is 16.9. The molecule has 3 N–H and O–H groups in total. The monoisotopic (exact) mass is 536 g/mol. The Balaban J connectivity index is 0.00000481. The minimum atomic E-state index is -4.66. The molecule has 190 valence electrons. The minimum Gasteiger partial charge on any atom is -0.736 e. The number of benzene rings is 3. The number of carbonyl (C=O) groups excluding carboxylic acids is 2. The summed E-state index contributed by atoms with van der Waals surface area (Å²) in [4.78, 5) is 36.7. The number of phosphoric acid groups is 1. The number of Topliss-reactive ketones (excluding diaryl/α,β-unsaturated/α-hetero) is 2. The van der Waals surface area contributed by atoms with E-state index in [1.54, 1.807) is 24.3 Å². The third-order valence-electron chi connectivity index (χ3n) is 5.24. The Labute approximate surface area is 236 Å². The molecule has 0 spiro atoms. The van der Waals surface area contributed by atoms with Crippen molar-refractivity contribution in [2.24, 2.45) is 0 Å². The summed E-state index contributed by atoms with van der Waals surface area (Å²) in [6.07, 6.45) is 0.194. The van der Waals surface area contributed by atoms with Crippen molar-refractivity contribution >= 4 is 19.4 Å². The zero-order valence-electron chi connectivity index (χ0n) is 20.8. The van der Waals surface area contributed by atoms with Gasteiger partial charge in [-0.3, -0.25) is 9.59 Å². The largest absolute Gasteiger partial charge is 1.00 e. The van der Waals surface area contributed by atoms with E-state index < -0.39 is 25.1 Å². The minimum absolute atomic E-state index is 0. The first-order valence-electron chi connectivity index (χ1n) is 11.1. The van der Waals surface area contributed by atoms with Crippen LogP contribution in [0.5, 0.6) is 28.7 Å². The van der Waals surface area contributed by atoms with E-state index >= 15 is 0 Å². The van der Waals surface area contributed by atoms with E-state index in [9.17, 15) is 34.4 Å². The van der Waals surface area contributed by atoms with Gasteiger partial charge in [0.2, 0.25) is 0 Å². The summed E-state index contributed by atoms with van der Waals surface area (Å²) in [5.74, 6) is -2.11. The molecule has 1 unspecified atom stereocenters. The predicted octanol–water partition coefficient (Wildman–Crippen LogP) is 1.52. The summed E-state index contributed by atoms with van der Waals surface area (Å²) >= 11 is 0. The molecule has 0 aromatic heterocycles. The molecule has 0 aliphatic rings. The Morgan fingerprint density at radius 2 is 1.35 bits per heavy atom. The molecule has 0 radical (unpaired) electrons. The van der Waals surface area contributed by atoms with Crippen LogP contribution in [0.2, 0.25) is 0 Å². The van der Waals surface area contributed by atoms with Gasteiger partial charge in [-0.1, -0.05) is 18.2 Å². The van der Waals surface area contributed by atoms with Crippen LogP contribution in [0.3, 0.4) is 0 Å². The number of carbonyl (C=O) groups is 2. The van der Waals surface area contributed by atoms with E-state index in [-0.39, 0.29) is 77.4 Å². The van der Waals surface area contributed by atoms with E-state index in [1.165, 1.54) is 12.1 Å². The first-order valence-corrected chi connectivity index (χ1v) is 12.6. The first kappa shape index (κ1) is 30.4. The van der Waals surface area contributed by atoms with E-state index in [0.717, 1.165) is 28.8 Å². The van der Waals surface area contributed by atoms with Crippen LogP contribution < -0.4 is 43.5 Å². The molecule has 0 aliphatic carbocycles. The molecule has 3 aromatic rings. The Bertz CT molecular complexity index is 1280. The molecule has 0 heterocycles. The van der Waals surface area contributed by atoms with Crippen LogP contribution in [0.15, 0.2) is 54.6 Å². The maximum absolute atomic E-state index is 12.3. The SMILES string of the molecule is Cc1cc(C)cc(OP(=O)([O-])Oc2ccc(CCC(=O)CCC(=O)c3c(O)cc(O)cc3O)cc2)c1.[Na+]. The molecule has 0 saturated carbocycles. The Morgan fingerprint density at radius 1 is 0.811 bits per heavy atom. The molecule has 9 nitrogen and oxygen atoms in total. The molecule has 1 atom stereocenters. The second kappa shape index (κ2) is 13.1. The number of phosphoric ester groups is 1. The van der Waals surface area contributed by atoms with Crippen molar-refractivity contribution < 1.29 is 73.0 Å². The van der Waals surface area contributed by atoms with Gasteiger partial charge in [0, 0.05) is 31.4 Å². The maximum atomic E-state index is 12.3. The second-order valence-electron chi connectivity index (χ2n) is 8.42. The fraction of sp³-hybridized carbons (Fsp3) is 0.231. The van der Waals surface area contributed by atoms with Crippen LogP contribution in [-0.2, 0) is 15.8 Å². The fourth-order valence-electron chi connectivity index (χ4n) is 3.65. The summed E-state index contributed by atoms with van der Waals surface area (Å²) in [5, 5.41) is 28.9. The summed E-state index contributed by atoms with van der Waals surface area (Å²) in [7, 11) is -4.66. The summed E-state index contributed by atoms with van der Waals surface area (Å²) in [6, 6.07) is 13.1. The fourth-order valence-corrected chi connectivity index (χ4v) is 4.43. The van der Waals surface area contributed by atoms with Gasteiger partial charge in [0.25, 0.3) is 0 Å². The molecule has 0 aliphatic heterocycles. The number of rotatable bonds is 11. The van der Waals surface area contributed by atoms with E-state index in [0.29, 0.717) is 6.42 Å². The third-order valence-corrected chi connectivity index (χ3v) is 6.11. The average Bonchev–Trinajstić information content (AvgIpc) is 2.75. The molecule has 0 saturated heterocycles. The molecule has 0 bridgehead atoms. The molecule has 3 aromatic carbocycles. The summed E-state index contributed by atoms with van der Waals surface area (Å²) in [6.45, 7) is 3.65. The predicted molar refractivity (Wildman–Crippen MR) is 130 cm³/mol. The zero-order chi connectivity index (χ0) is 26.5. The van der Waals surface area contributed by atoms with Gasteiger partial charge in [0.05, 0.1) is 0 Å². The molecule has 3 rings (SSSR count). The summed E-state index contributed by atoms with van der Waals surface area (Å²) < 4.78 is 22.3. The standard InChI is InChI=1S/C26H27O9P.Na/c1-16-11-17(2)13-22(12-16)35-36(32,33)34-21-8-4-18(5-9-21)3-6-19(27)7-10-23(29)26-24(30)14-20(28)15-25(26)31;/h4-5,8-9,11-15,28,30-31H,3,6-7,10H2,1-2H3,(H,32,33);/q;+1/p-1. The normalized spacial score (nSPS) is 12.2. The van der Waals surface area contributed by atoms with Gasteiger partial charge in [0.15, 0.2) is 5.78 Å². The number of aromatic hydroxyl groups is 3. The number of ketones is 2. The van der Waals surface area contributed by atoms with Crippen molar-refractivity contribution in [1.82, 2.24) is 0 Å². The smallest absolute Gasteiger partial charge is 0.736 e. The third kappa shape index (κ3) is 9.22. The Morgan fingerprint density at radius 3 is 1.92 bits per heavy atom. The number of phenolic OH excluding ortho intramolecular Hbond substituents is 3. The maximum Gasteiger partial charge on any atom is 1.00 e. The van der Waals surface area contributed by atoms with Gasteiger partial charge in [-0.05, 0) is 61.2 Å². The molecule has 0 fully saturated rings. The van der Waals surface area contributed by atoms with Gasteiger partial charge in [-0.2, -0.15) is 0 Å². The number of aryl methyl sites for hydroxylation is 3. The van der Waals surface area contributed by atoms with Crippen molar-refractivity contribution in [2.75, 3.05) is 0 Å². The van der Waals surface area contributed by atoms with Gasteiger partial charge < -0.3 is 29.3 Å². The molecular weight excluding hydrogens is 510 g/mol. The zero-order valence-corrected chi connectivity index (χ0v) is 23.7. The average molecular weight is 536 g/mol. The van der Waals surface area contributed by atoms with Crippen molar-refractivity contribution in [1.29, 1.82) is 0 Å². The van der Waals surface area contributed by atoms with Crippen molar-refractivity contribution in [3.8, 4) is 28.7 Å². The molecule has 37 heavy (non-hydrogen) atoms. The Hall–Kier alpha value is -2.81. The van der Waals surface area contributed by atoms with Gasteiger partial charge in [-0.15, -0.1) is 0 Å². The van der Waals surface area contributed by atoms with Crippen LogP contribution in [0, 0.1) is 13.8 Å². The van der Waals surface area contributed by atoms with Gasteiger partial charge in [0.1, 0.15) is 40.1 Å². The van der Waals surface area contributed by atoms with E-state index in [1.807, 2.05) is 19.9 Å². The number of hydrogen-bond acceptors (Lipinski definition) is 9. The van der Waals surface area contributed by atoms with Gasteiger partial charge in [-0.25, -0.2) is 4.57 Å². The quantitative estimate of drug-likeness (QED) is 0.188. The van der Waals surface area contributed by atoms with Crippen LogP contribution in [-0.4, -0.2) is 26.9 Å². The van der Waals surface area contributed by atoms with Crippen LogP contribution in [0.4, 0.5) is 0 Å². The molecule has 0 amide bonds. The van der Waals surface area contributed by atoms with Crippen LogP contribution in [0.1, 0.15) is 46.3 Å². The van der Waals surface area contributed by atoms with E-state index in [2.05, 4.69) is 0 Å². The number of phenols is 3. The summed E-state index contributed by atoms with van der Waals surface area (Å²) in [5.41, 5.74) is 2.12. The van der Waals surface area contributed by atoms with Crippen molar-refractivity contribution in [3.63, 3.8) is 0 Å². The molecule has 11 heteroatoms. The molecular formula is C26H26NaO9P. The van der Waals surface area contributed by atoms with E-state index in [4.69, 9.17) is 9.05 Å². The van der Waals surface area contributed by atoms with Crippen LogP contribution >= 0.6 is 7.82 Å².